The molecule has 0 saturated carbocycles. The van der Waals surface area contributed by atoms with Gasteiger partial charge < -0.3 is 0 Å². The second-order valence-electron chi connectivity index (χ2n) is 16.1. The van der Waals surface area contributed by atoms with E-state index >= 15 is 0 Å². The smallest absolute Gasteiger partial charge is 0.0713 e. The van der Waals surface area contributed by atoms with E-state index in [1.54, 1.807) is 0 Å². The minimum absolute atomic E-state index is 0.0211. The van der Waals surface area contributed by atoms with Crippen molar-refractivity contribution in [2.24, 2.45) is 0 Å². The average molecular weight is 663 g/mol. The first-order valence-corrected chi connectivity index (χ1v) is 18.7. The van der Waals surface area contributed by atoms with Crippen molar-refractivity contribution in [1.29, 1.82) is 0 Å². The van der Waals surface area contributed by atoms with Gasteiger partial charge in [0.1, 0.15) is 0 Å². The Bertz CT molecular complexity index is 2420. The Morgan fingerprint density at radius 2 is 0.980 bits per heavy atom. The van der Waals surface area contributed by atoms with Gasteiger partial charge in [-0.15, -0.1) is 0 Å². The first-order valence-electron chi connectivity index (χ1n) is 17.9. The molecule has 0 fully saturated rings. The minimum Gasteiger partial charge on any atom is -0.0888 e. The van der Waals surface area contributed by atoms with Crippen LogP contribution in [0.2, 0.25) is 0 Å². The number of hydrogen-bond acceptors (Lipinski definition) is 1. The van der Waals surface area contributed by atoms with Gasteiger partial charge in [-0.2, -0.15) is 0 Å². The number of hydrogen-bond donors (Lipinski definition) is 0. The highest BCUT2D eigenvalue weighted by molar-refractivity contribution is 7.99. The van der Waals surface area contributed by atoms with E-state index in [1.165, 1.54) is 87.3 Å². The molecule has 1 heterocycles. The van der Waals surface area contributed by atoms with Gasteiger partial charge in [-0.05, 0) is 95.1 Å². The summed E-state index contributed by atoms with van der Waals surface area (Å²) in [4.78, 5) is 2.66. The lowest BCUT2D eigenvalue weighted by molar-refractivity contribution is 0.585. The summed E-state index contributed by atoms with van der Waals surface area (Å²) in [6.07, 6.45) is 0. The summed E-state index contributed by atoms with van der Waals surface area (Å²) in [6, 6.07) is 55.6. The summed E-state index contributed by atoms with van der Waals surface area (Å²) >= 11 is 1.89. The normalized spacial score (nSPS) is 14.3. The zero-order chi connectivity index (χ0) is 34.4. The van der Waals surface area contributed by atoms with Crippen LogP contribution in [-0.2, 0) is 16.2 Å². The lowest BCUT2D eigenvalue weighted by atomic mass is 9.66. The topological polar surface area (TPSA) is 0 Å². The third-order valence-corrected chi connectivity index (χ3v) is 12.2. The molecule has 0 N–H and O–H groups in total. The van der Waals surface area contributed by atoms with Crippen LogP contribution in [0.1, 0.15) is 74.9 Å². The number of fused-ring (bicyclic) bond motifs is 5. The van der Waals surface area contributed by atoms with Crippen LogP contribution in [0.4, 0.5) is 0 Å². The lowest BCUT2D eigenvalue weighted by Gasteiger charge is -2.36. The SMILES string of the molecule is CC(C)(C)c1cccc(C2(c3cccc(C(C)(C)C)c3)c3ccccc3-c3c(-c4ccc5c6c(cccc46)-c4ccccc4S5)cccc32)c1. The molecule has 0 spiro atoms. The third kappa shape index (κ3) is 4.53. The second-order valence-corrected chi connectivity index (χ2v) is 17.2. The Labute approximate surface area is 301 Å². The van der Waals surface area contributed by atoms with Crippen molar-refractivity contribution >= 4 is 22.5 Å². The van der Waals surface area contributed by atoms with Crippen LogP contribution < -0.4 is 0 Å². The fraction of sp³-hybridized carbons (Fsp3) is 0.184. The predicted octanol–water partition coefficient (Wildman–Crippen LogP) is 13.6. The summed E-state index contributed by atoms with van der Waals surface area (Å²) in [5.74, 6) is 0. The molecule has 0 amide bonds. The molecular formula is C49H42S. The summed E-state index contributed by atoms with van der Waals surface area (Å²) in [5.41, 5.74) is 15.5. The van der Waals surface area contributed by atoms with Crippen LogP contribution in [0.25, 0.3) is 44.2 Å². The zero-order valence-electron chi connectivity index (χ0n) is 29.8. The van der Waals surface area contributed by atoms with Gasteiger partial charge in [0.2, 0.25) is 0 Å². The van der Waals surface area contributed by atoms with Gasteiger partial charge in [-0.1, -0.05) is 187 Å². The van der Waals surface area contributed by atoms with Crippen molar-refractivity contribution in [3.8, 4) is 33.4 Å². The molecule has 1 aliphatic heterocycles. The first kappa shape index (κ1) is 31.2. The van der Waals surface area contributed by atoms with Gasteiger partial charge in [0, 0.05) is 15.2 Å². The van der Waals surface area contributed by atoms with E-state index in [9.17, 15) is 0 Å². The molecule has 7 aromatic carbocycles. The van der Waals surface area contributed by atoms with Gasteiger partial charge >= 0.3 is 0 Å². The summed E-state index contributed by atoms with van der Waals surface area (Å²) in [5, 5.41) is 2.68. The summed E-state index contributed by atoms with van der Waals surface area (Å²) in [6.45, 7) is 13.9. The maximum absolute atomic E-state index is 2.49. The number of rotatable bonds is 3. The fourth-order valence-corrected chi connectivity index (χ4v) is 9.72. The van der Waals surface area contributed by atoms with Crippen LogP contribution in [0.5, 0.6) is 0 Å². The Kier molecular flexibility index (Phi) is 6.90. The molecule has 50 heavy (non-hydrogen) atoms. The summed E-state index contributed by atoms with van der Waals surface area (Å²) in [7, 11) is 0. The minimum atomic E-state index is -0.481. The molecule has 0 radical (unpaired) electrons. The molecule has 1 heteroatoms. The Morgan fingerprint density at radius 3 is 1.68 bits per heavy atom. The molecule has 244 valence electrons. The molecule has 1 aliphatic carbocycles. The molecule has 0 atom stereocenters. The maximum atomic E-state index is 2.49. The van der Waals surface area contributed by atoms with Crippen LogP contribution in [-0.4, -0.2) is 0 Å². The van der Waals surface area contributed by atoms with Gasteiger partial charge in [-0.25, -0.2) is 0 Å². The highest BCUT2D eigenvalue weighted by Crippen LogP contribution is 2.59. The third-order valence-electron chi connectivity index (χ3n) is 11.1. The highest BCUT2D eigenvalue weighted by atomic mass is 32.2. The van der Waals surface area contributed by atoms with Crippen LogP contribution >= 0.6 is 11.8 Å². The number of benzene rings is 7. The van der Waals surface area contributed by atoms with Crippen molar-refractivity contribution in [3.63, 3.8) is 0 Å². The van der Waals surface area contributed by atoms with E-state index in [2.05, 4.69) is 187 Å². The molecule has 7 aromatic rings. The Morgan fingerprint density at radius 1 is 0.420 bits per heavy atom. The molecule has 0 saturated heterocycles. The first-order chi connectivity index (χ1) is 24.1. The summed E-state index contributed by atoms with van der Waals surface area (Å²) < 4.78 is 0. The van der Waals surface area contributed by atoms with Crippen LogP contribution in [0, 0.1) is 0 Å². The van der Waals surface area contributed by atoms with E-state index in [1.807, 2.05) is 11.8 Å². The average Bonchev–Trinajstić information content (AvgIpc) is 3.43. The molecule has 0 unspecified atom stereocenters. The van der Waals surface area contributed by atoms with E-state index in [-0.39, 0.29) is 10.8 Å². The van der Waals surface area contributed by atoms with Gasteiger partial charge in [0.25, 0.3) is 0 Å². The molecule has 0 nitrogen and oxygen atoms in total. The van der Waals surface area contributed by atoms with E-state index in [4.69, 9.17) is 0 Å². The Balaban J connectivity index is 1.38. The van der Waals surface area contributed by atoms with Crippen molar-refractivity contribution < 1.29 is 0 Å². The van der Waals surface area contributed by atoms with Gasteiger partial charge in [-0.3, -0.25) is 0 Å². The quantitative estimate of drug-likeness (QED) is 0.181. The lowest BCUT2D eigenvalue weighted by Crippen LogP contribution is -2.30. The van der Waals surface area contributed by atoms with Crippen molar-refractivity contribution in [1.82, 2.24) is 0 Å². The van der Waals surface area contributed by atoms with Gasteiger partial charge in [0.05, 0.1) is 5.41 Å². The predicted molar refractivity (Wildman–Crippen MR) is 214 cm³/mol. The molecule has 9 rings (SSSR count). The largest absolute Gasteiger partial charge is 0.0888 e. The van der Waals surface area contributed by atoms with Crippen molar-refractivity contribution in [3.05, 3.63) is 179 Å². The van der Waals surface area contributed by atoms with E-state index in [0.717, 1.165) is 0 Å². The molecular weight excluding hydrogens is 621 g/mol. The fourth-order valence-electron chi connectivity index (χ4n) is 8.59. The monoisotopic (exact) mass is 662 g/mol. The van der Waals surface area contributed by atoms with E-state index in [0.29, 0.717) is 0 Å². The van der Waals surface area contributed by atoms with Crippen LogP contribution in [0.15, 0.2) is 155 Å². The van der Waals surface area contributed by atoms with Crippen molar-refractivity contribution in [2.75, 3.05) is 0 Å². The van der Waals surface area contributed by atoms with Crippen molar-refractivity contribution in [2.45, 2.75) is 67.6 Å². The van der Waals surface area contributed by atoms with E-state index < -0.39 is 5.41 Å². The Hall–Kier alpha value is -4.85. The molecule has 0 aromatic heterocycles. The van der Waals surface area contributed by atoms with Gasteiger partial charge in [0.15, 0.2) is 0 Å². The van der Waals surface area contributed by atoms with Crippen LogP contribution in [0.3, 0.4) is 0 Å². The maximum Gasteiger partial charge on any atom is 0.0713 e. The highest BCUT2D eigenvalue weighted by Gasteiger charge is 2.47. The molecule has 0 bridgehead atoms. The standard InChI is InChI=1S/C49H42S/c1-47(2,3)31-15-11-17-33(29-31)49(34-18-12-16-32(30-34)48(4,5)6)41-24-9-7-20-40(41)45-37(23-14-25-42(45)49)35-27-28-44-46-38(35)21-13-22-39(46)36-19-8-10-26-43(36)50-44/h7-30H,1-6H3. The second kappa shape index (κ2) is 11.1. The zero-order valence-corrected chi connectivity index (χ0v) is 30.6. The molecule has 2 aliphatic rings.